The lowest BCUT2D eigenvalue weighted by atomic mass is 9.87. The molecule has 0 aromatic carbocycles. The highest BCUT2D eigenvalue weighted by molar-refractivity contribution is 7.19. The van der Waals surface area contributed by atoms with Crippen LogP contribution in [0.2, 0.25) is 5.15 Å². The molecule has 4 heterocycles. The molecule has 3 aromatic heterocycles. The van der Waals surface area contributed by atoms with Gasteiger partial charge in [-0.2, -0.15) is 0 Å². The Morgan fingerprint density at radius 2 is 1.89 bits per heavy atom. The smallest absolute Gasteiger partial charge is 0.252 e. The van der Waals surface area contributed by atoms with Crippen molar-refractivity contribution in [2.24, 2.45) is 17.3 Å². The number of alkyl halides is 2. The van der Waals surface area contributed by atoms with E-state index in [1.807, 2.05) is 32.9 Å². The molecule has 0 bridgehead atoms. The van der Waals surface area contributed by atoms with Crippen molar-refractivity contribution in [3.63, 3.8) is 0 Å². The summed E-state index contributed by atoms with van der Waals surface area (Å²) in [4.78, 5) is 36.8. The number of hydrogen-bond acceptors (Lipinski definition) is 6. The van der Waals surface area contributed by atoms with Gasteiger partial charge >= 0.3 is 0 Å². The molecule has 10 heteroatoms. The lowest BCUT2D eigenvalue weighted by Crippen LogP contribution is -2.44. The number of amides is 2. The van der Waals surface area contributed by atoms with Gasteiger partial charge in [-0.15, -0.1) is 11.3 Å². The van der Waals surface area contributed by atoms with Crippen molar-refractivity contribution in [1.29, 1.82) is 0 Å². The molecular weight excluding hydrogens is 494 g/mol. The van der Waals surface area contributed by atoms with Gasteiger partial charge in [0, 0.05) is 35.5 Å². The molecule has 6 nitrogen and oxygen atoms in total. The van der Waals surface area contributed by atoms with E-state index in [0.29, 0.717) is 22.1 Å². The average Bonchev–Trinajstić information content (AvgIpc) is 3.01. The van der Waals surface area contributed by atoms with E-state index in [0.717, 1.165) is 20.7 Å². The van der Waals surface area contributed by atoms with Gasteiger partial charge < -0.3 is 5.32 Å². The number of carbonyl (C=O) groups excluding carboxylic acids is 2. The second kappa shape index (κ2) is 7.43. The quantitative estimate of drug-likeness (QED) is 0.349. The highest BCUT2D eigenvalue weighted by Gasteiger charge is 2.72. The zero-order valence-electron chi connectivity index (χ0n) is 19.4. The maximum absolute atomic E-state index is 13.4. The van der Waals surface area contributed by atoms with Crippen molar-refractivity contribution in [3.8, 4) is 11.3 Å². The van der Waals surface area contributed by atoms with E-state index >= 15 is 0 Å². The normalized spacial score (nSPS) is 24.6. The van der Waals surface area contributed by atoms with Gasteiger partial charge in [-0.25, -0.2) is 13.8 Å². The third kappa shape index (κ3) is 3.54. The number of nitrogens with zero attached hydrogens (tertiary/aromatic N) is 3. The Kier molecular flexibility index (Phi) is 4.84. The van der Waals surface area contributed by atoms with Crippen LogP contribution in [0.1, 0.15) is 37.1 Å². The fourth-order valence-electron chi connectivity index (χ4n) is 5.54. The molecule has 3 aliphatic rings. The average molecular weight is 517 g/mol. The predicted molar refractivity (Wildman–Crippen MR) is 131 cm³/mol. The van der Waals surface area contributed by atoms with Crippen LogP contribution in [0.15, 0.2) is 24.4 Å². The highest BCUT2D eigenvalue weighted by atomic mass is 35.5. The van der Waals surface area contributed by atoms with Crippen LogP contribution in [0.25, 0.3) is 21.5 Å². The molecule has 3 fully saturated rings. The van der Waals surface area contributed by atoms with Crippen LogP contribution in [0, 0.1) is 24.2 Å². The summed E-state index contributed by atoms with van der Waals surface area (Å²) in [6, 6.07) is 5.07. The van der Waals surface area contributed by atoms with Crippen LogP contribution in [0.5, 0.6) is 0 Å². The van der Waals surface area contributed by atoms with Crippen LogP contribution in [-0.4, -0.2) is 38.6 Å². The molecule has 2 saturated carbocycles. The van der Waals surface area contributed by atoms with Gasteiger partial charge in [0.25, 0.3) is 5.92 Å². The van der Waals surface area contributed by atoms with Gasteiger partial charge in [0.2, 0.25) is 11.8 Å². The Hall–Kier alpha value is -2.65. The molecule has 0 radical (unpaired) electrons. The third-order valence-corrected chi connectivity index (χ3v) is 8.88. The minimum absolute atomic E-state index is 0.105. The topological polar surface area (TPSA) is 75.2 Å². The number of piperidine rings is 1. The number of aryl methyl sites for hydroxylation is 1. The van der Waals surface area contributed by atoms with E-state index in [9.17, 15) is 18.4 Å². The number of aromatic nitrogens is 2. The zero-order chi connectivity index (χ0) is 24.9. The van der Waals surface area contributed by atoms with E-state index < -0.39 is 5.92 Å². The minimum atomic E-state index is -2.64. The van der Waals surface area contributed by atoms with Crippen LogP contribution in [-0.2, 0) is 16.1 Å². The van der Waals surface area contributed by atoms with Gasteiger partial charge in [-0.1, -0.05) is 25.4 Å². The zero-order valence-corrected chi connectivity index (χ0v) is 20.9. The number of anilines is 1. The molecule has 6 rings (SSSR count). The van der Waals surface area contributed by atoms with E-state index in [-0.39, 0.29) is 54.5 Å². The molecule has 2 aliphatic carbocycles. The molecule has 0 spiro atoms. The molecule has 1 saturated heterocycles. The van der Waals surface area contributed by atoms with Gasteiger partial charge in [-0.05, 0) is 36.1 Å². The largest absolute Gasteiger partial charge is 0.380 e. The standard InChI is InChI=1S/C25H23ClF2N4O2S/c1-11-6-16(26)31-20(19(11)30-12-8-25(27,28)9-12)14-4-5-29-15-7-13(35-21(14)15)10-32-22(33)17-18(23(32)34)24(17,2)3/h4-7,12,17-18,30H,8-10H2,1-3H3. The second-order valence-electron chi connectivity index (χ2n) is 10.4. The van der Waals surface area contributed by atoms with Crippen molar-refractivity contribution in [3.05, 3.63) is 40.0 Å². The third-order valence-electron chi connectivity index (χ3n) is 7.55. The first-order chi connectivity index (χ1) is 16.5. The molecule has 2 unspecified atom stereocenters. The maximum atomic E-state index is 13.4. The van der Waals surface area contributed by atoms with Gasteiger partial charge in [0.05, 0.1) is 40.0 Å². The lowest BCUT2D eigenvalue weighted by Gasteiger charge is -2.36. The highest BCUT2D eigenvalue weighted by Crippen LogP contribution is 2.63. The number of fused-ring (bicyclic) bond motifs is 2. The molecule has 1 N–H and O–H groups in total. The Labute approximate surface area is 209 Å². The van der Waals surface area contributed by atoms with Crippen LogP contribution in [0.4, 0.5) is 14.5 Å². The summed E-state index contributed by atoms with van der Waals surface area (Å²) in [5, 5.41) is 3.55. The molecule has 3 aromatic rings. The number of pyridine rings is 2. The van der Waals surface area contributed by atoms with Crippen molar-refractivity contribution in [2.75, 3.05) is 5.32 Å². The van der Waals surface area contributed by atoms with E-state index in [4.69, 9.17) is 11.6 Å². The Bertz CT molecular complexity index is 1390. The first-order valence-electron chi connectivity index (χ1n) is 11.5. The van der Waals surface area contributed by atoms with E-state index in [2.05, 4.69) is 15.3 Å². The Morgan fingerprint density at radius 1 is 1.20 bits per heavy atom. The summed E-state index contributed by atoms with van der Waals surface area (Å²) < 4.78 is 27.7. The van der Waals surface area contributed by atoms with Crippen molar-refractivity contribution in [2.45, 2.75) is 52.1 Å². The van der Waals surface area contributed by atoms with Gasteiger partial charge in [0.1, 0.15) is 5.15 Å². The molecule has 1 aliphatic heterocycles. The maximum Gasteiger partial charge on any atom is 0.252 e. The molecule has 2 atom stereocenters. The van der Waals surface area contributed by atoms with Crippen LogP contribution < -0.4 is 5.32 Å². The first kappa shape index (κ1) is 22.8. The summed E-state index contributed by atoms with van der Waals surface area (Å²) >= 11 is 7.74. The lowest BCUT2D eigenvalue weighted by molar-refractivity contribution is -0.143. The predicted octanol–water partition coefficient (Wildman–Crippen LogP) is 5.67. The van der Waals surface area contributed by atoms with Gasteiger partial charge in [-0.3, -0.25) is 19.5 Å². The summed E-state index contributed by atoms with van der Waals surface area (Å²) in [6.45, 7) is 6.00. The van der Waals surface area contributed by atoms with Crippen LogP contribution >= 0.6 is 22.9 Å². The number of hydrogen-bond donors (Lipinski definition) is 1. The van der Waals surface area contributed by atoms with E-state index in [1.165, 1.54) is 16.2 Å². The number of nitrogens with one attached hydrogen (secondary N) is 1. The summed E-state index contributed by atoms with van der Waals surface area (Å²) in [7, 11) is 0. The Balaban J connectivity index is 1.34. The van der Waals surface area contributed by atoms with Gasteiger partial charge in [0.15, 0.2) is 0 Å². The summed E-state index contributed by atoms with van der Waals surface area (Å²) in [5.74, 6) is -3.29. The fraction of sp³-hybridized carbons (Fsp3) is 0.440. The molecule has 2 amide bonds. The number of carbonyl (C=O) groups is 2. The number of likely N-dealkylation sites (tertiary alicyclic amines) is 1. The number of rotatable bonds is 5. The van der Waals surface area contributed by atoms with Crippen molar-refractivity contribution >= 4 is 50.7 Å². The van der Waals surface area contributed by atoms with Crippen molar-refractivity contribution < 1.29 is 18.4 Å². The summed E-state index contributed by atoms with van der Waals surface area (Å²) in [5.41, 5.74) is 3.30. The second-order valence-corrected chi connectivity index (χ2v) is 11.9. The van der Waals surface area contributed by atoms with E-state index in [1.54, 1.807) is 12.3 Å². The molecule has 182 valence electrons. The number of halogens is 3. The molecular formula is C25H23ClF2N4O2S. The number of thiophene rings is 1. The number of imide groups is 1. The Morgan fingerprint density at radius 3 is 2.54 bits per heavy atom. The SMILES string of the molecule is Cc1cc(Cl)nc(-c2ccnc3cc(CN4C(=O)C5C(C4=O)C5(C)C)sc23)c1NC1CC(F)(F)C1. The molecule has 35 heavy (non-hydrogen) atoms. The minimum Gasteiger partial charge on any atom is -0.380 e. The van der Waals surface area contributed by atoms with Crippen LogP contribution in [0.3, 0.4) is 0 Å². The fourth-order valence-corrected chi connectivity index (χ4v) is 6.91. The monoisotopic (exact) mass is 516 g/mol. The first-order valence-corrected chi connectivity index (χ1v) is 12.7. The van der Waals surface area contributed by atoms with Crippen molar-refractivity contribution in [1.82, 2.24) is 14.9 Å². The summed E-state index contributed by atoms with van der Waals surface area (Å²) in [6.07, 6.45) is 1.22.